The number of aromatic nitrogens is 1. The Hall–Kier alpha value is -2.39. The van der Waals surface area contributed by atoms with E-state index in [-0.39, 0.29) is 5.48 Å². The Kier molecular flexibility index (Phi) is 5.35. The van der Waals surface area contributed by atoms with Crippen LogP contribution in [-0.4, -0.2) is 10.5 Å². The van der Waals surface area contributed by atoms with Gasteiger partial charge in [-0.25, -0.2) is 0 Å². The molecule has 2 aromatic carbocycles. The third-order valence-electron chi connectivity index (χ3n) is 2.31. The van der Waals surface area contributed by atoms with Gasteiger partial charge >= 0.3 is 0 Å². The second-order valence-corrected chi connectivity index (χ2v) is 3.61. The maximum atomic E-state index is 5.36. The SMILES string of the molecule is Nc1ccccc1.O.c1ccc2ncccc2c1. The van der Waals surface area contributed by atoms with Crippen LogP contribution in [0.4, 0.5) is 5.69 Å². The van der Waals surface area contributed by atoms with Gasteiger partial charge in [0.1, 0.15) is 0 Å². The van der Waals surface area contributed by atoms with E-state index in [1.807, 2.05) is 60.8 Å². The van der Waals surface area contributed by atoms with Gasteiger partial charge in [0, 0.05) is 17.3 Å². The van der Waals surface area contributed by atoms with E-state index >= 15 is 0 Å². The molecule has 0 saturated carbocycles. The Morgan fingerprint density at radius 1 is 0.722 bits per heavy atom. The molecule has 0 aliphatic carbocycles. The summed E-state index contributed by atoms with van der Waals surface area (Å²) in [5, 5.41) is 1.20. The number of nitrogen functional groups attached to an aromatic ring is 1. The molecule has 0 amide bonds. The normalized spacial score (nSPS) is 8.89. The third-order valence-corrected chi connectivity index (χ3v) is 2.31. The molecule has 92 valence electrons. The summed E-state index contributed by atoms with van der Waals surface area (Å²) in [5.74, 6) is 0. The van der Waals surface area contributed by atoms with Crippen LogP contribution < -0.4 is 5.73 Å². The summed E-state index contributed by atoms with van der Waals surface area (Å²) in [5.41, 5.74) is 7.24. The molecule has 4 N–H and O–H groups in total. The average Bonchev–Trinajstić information content (AvgIpc) is 2.41. The Bertz CT molecular complexity index is 517. The largest absolute Gasteiger partial charge is 0.412 e. The second-order valence-electron chi connectivity index (χ2n) is 3.61. The van der Waals surface area contributed by atoms with Gasteiger partial charge in [-0.05, 0) is 24.3 Å². The highest BCUT2D eigenvalue weighted by atomic mass is 16.0. The topological polar surface area (TPSA) is 70.4 Å². The standard InChI is InChI=1S/C9H7N.C6H7N.H2O/c1-2-6-9-8(4-1)5-3-7-10-9;7-6-4-2-1-3-5-6;/h1-7H;1-5H,7H2;1H2. The van der Waals surface area contributed by atoms with Crippen molar-refractivity contribution in [3.05, 3.63) is 72.9 Å². The zero-order valence-electron chi connectivity index (χ0n) is 9.95. The zero-order valence-corrected chi connectivity index (χ0v) is 9.95. The quantitative estimate of drug-likeness (QED) is 0.614. The lowest BCUT2D eigenvalue weighted by atomic mass is 10.2. The number of hydrogen-bond acceptors (Lipinski definition) is 2. The first-order valence-corrected chi connectivity index (χ1v) is 5.46. The van der Waals surface area contributed by atoms with Crippen LogP contribution in [0.5, 0.6) is 0 Å². The molecule has 1 aromatic heterocycles. The van der Waals surface area contributed by atoms with Crippen molar-refractivity contribution in [3.63, 3.8) is 0 Å². The van der Waals surface area contributed by atoms with Crippen molar-refractivity contribution in [2.24, 2.45) is 0 Å². The molecule has 0 unspecified atom stereocenters. The van der Waals surface area contributed by atoms with E-state index in [9.17, 15) is 0 Å². The maximum Gasteiger partial charge on any atom is 0.0701 e. The maximum absolute atomic E-state index is 5.36. The predicted molar refractivity (Wildman–Crippen MR) is 76.2 cm³/mol. The van der Waals surface area contributed by atoms with E-state index in [4.69, 9.17) is 5.73 Å². The molecule has 0 aliphatic rings. The fourth-order valence-corrected chi connectivity index (χ4v) is 1.47. The molecule has 3 aromatic rings. The molecular formula is C15H16N2O. The minimum atomic E-state index is 0. The van der Waals surface area contributed by atoms with Crippen molar-refractivity contribution in [2.45, 2.75) is 0 Å². The number of anilines is 1. The van der Waals surface area contributed by atoms with Crippen molar-refractivity contribution >= 4 is 16.6 Å². The predicted octanol–water partition coefficient (Wildman–Crippen LogP) is 2.68. The summed E-state index contributed by atoms with van der Waals surface area (Å²) < 4.78 is 0. The van der Waals surface area contributed by atoms with E-state index in [0.717, 1.165) is 11.2 Å². The highest BCUT2D eigenvalue weighted by molar-refractivity contribution is 5.77. The van der Waals surface area contributed by atoms with Crippen molar-refractivity contribution in [2.75, 3.05) is 5.73 Å². The summed E-state index contributed by atoms with van der Waals surface area (Å²) in [4.78, 5) is 4.18. The summed E-state index contributed by atoms with van der Waals surface area (Å²) >= 11 is 0. The number of benzene rings is 2. The fourth-order valence-electron chi connectivity index (χ4n) is 1.47. The Morgan fingerprint density at radius 2 is 1.33 bits per heavy atom. The third kappa shape index (κ3) is 3.88. The number of nitrogens with zero attached hydrogens (tertiary/aromatic N) is 1. The van der Waals surface area contributed by atoms with Crippen LogP contribution in [0.25, 0.3) is 10.9 Å². The molecule has 18 heavy (non-hydrogen) atoms. The van der Waals surface area contributed by atoms with Crippen LogP contribution in [0.15, 0.2) is 72.9 Å². The lowest BCUT2D eigenvalue weighted by Crippen LogP contribution is -1.79. The van der Waals surface area contributed by atoms with E-state index in [2.05, 4.69) is 17.1 Å². The molecular weight excluding hydrogens is 224 g/mol. The Morgan fingerprint density at radius 3 is 1.94 bits per heavy atom. The molecule has 0 spiro atoms. The van der Waals surface area contributed by atoms with Gasteiger partial charge in [-0.3, -0.25) is 4.98 Å². The van der Waals surface area contributed by atoms with Crippen LogP contribution >= 0.6 is 0 Å². The van der Waals surface area contributed by atoms with Crippen LogP contribution in [0.3, 0.4) is 0 Å². The highest BCUT2D eigenvalue weighted by Crippen LogP contribution is 2.07. The molecule has 0 atom stereocenters. The summed E-state index contributed by atoms with van der Waals surface area (Å²) in [6, 6.07) is 21.6. The number of fused-ring (bicyclic) bond motifs is 1. The van der Waals surface area contributed by atoms with Gasteiger partial charge in [-0.15, -0.1) is 0 Å². The van der Waals surface area contributed by atoms with Crippen molar-refractivity contribution in [1.82, 2.24) is 4.98 Å². The van der Waals surface area contributed by atoms with Gasteiger partial charge < -0.3 is 11.2 Å². The van der Waals surface area contributed by atoms with Crippen molar-refractivity contribution in [1.29, 1.82) is 0 Å². The van der Waals surface area contributed by atoms with Crippen molar-refractivity contribution in [3.8, 4) is 0 Å². The first-order chi connectivity index (χ1) is 8.36. The van der Waals surface area contributed by atoms with E-state index < -0.39 is 0 Å². The van der Waals surface area contributed by atoms with Crippen LogP contribution in [-0.2, 0) is 0 Å². The van der Waals surface area contributed by atoms with Gasteiger partial charge in [0.05, 0.1) is 5.52 Å². The first-order valence-electron chi connectivity index (χ1n) is 5.46. The minimum absolute atomic E-state index is 0. The van der Waals surface area contributed by atoms with Gasteiger partial charge in [0.2, 0.25) is 0 Å². The van der Waals surface area contributed by atoms with E-state index in [1.165, 1.54) is 5.39 Å². The molecule has 0 bridgehead atoms. The smallest absolute Gasteiger partial charge is 0.0701 e. The number of nitrogens with two attached hydrogens (primary N) is 1. The number of pyridine rings is 1. The van der Waals surface area contributed by atoms with Gasteiger partial charge in [0.15, 0.2) is 0 Å². The summed E-state index contributed by atoms with van der Waals surface area (Å²) in [6.45, 7) is 0. The summed E-state index contributed by atoms with van der Waals surface area (Å²) in [6.07, 6.45) is 1.81. The summed E-state index contributed by atoms with van der Waals surface area (Å²) in [7, 11) is 0. The zero-order chi connectivity index (χ0) is 11.9. The van der Waals surface area contributed by atoms with Gasteiger partial charge in [-0.1, -0.05) is 42.5 Å². The molecule has 1 heterocycles. The Balaban J connectivity index is 0.000000181. The molecule has 3 heteroatoms. The van der Waals surface area contributed by atoms with Gasteiger partial charge in [0.25, 0.3) is 0 Å². The average molecular weight is 240 g/mol. The molecule has 3 nitrogen and oxygen atoms in total. The molecule has 0 radical (unpaired) electrons. The molecule has 3 rings (SSSR count). The molecule has 0 aliphatic heterocycles. The fraction of sp³-hybridized carbons (Fsp3) is 0. The van der Waals surface area contributed by atoms with Crippen LogP contribution in [0.2, 0.25) is 0 Å². The molecule has 0 fully saturated rings. The van der Waals surface area contributed by atoms with Gasteiger partial charge in [-0.2, -0.15) is 0 Å². The minimum Gasteiger partial charge on any atom is -0.412 e. The lowest BCUT2D eigenvalue weighted by molar-refractivity contribution is 0.824. The van der Waals surface area contributed by atoms with Crippen molar-refractivity contribution < 1.29 is 5.48 Å². The van der Waals surface area contributed by atoms with Crippen LogP contribution in [0, 0.1) is 0 Å². The first kappa shape index (κ1) is 13.7. The lowest BCUT2D eigenvalue weighted by Gasteiger charge is -1.91. The highest BCUT2D eigenvalue weighted by Gasteiger charge is 1.86. The second kappa shape index (κ2) is 7.04. The Labute approximate surface area is 106 Å². The number of para-hydroxylation sites is 2. The van der Waals surface area contributed by atoms with Crippen LogP contribution in [0.1, 0.15) is 0 Å². The number of hydrogen-bond donors (Lipinski definition) is 1. The van der Waals surface area contributed by atoms with E-state index in [1.54, 1.807) is 0 Å². The van der Waals surface area contributed by atoms with E-state index in [0.29, 0.717) is 0 Å². The number of rotatable bonds is 0. The molecule has 0 saturated heterocycles. The monoisotopic (exact) mass is 240 g/mol.